The van der Waals surface area contributed by atoms with Gasteiger partial charge in [-0.1, -0.05) is 13.0 Å². The van der Waals surface area contributed by atoms with Crippen molar-refractivity contribution in [1.29, 1.82) is 0 Å². The number of sulfone groups is 1. The van der Waals surface area contributed by atoms with E-state index in [9.17, 15) is 18.3 Å². The molecule has 1 aromatic rings. The Bertz CT molecular complexity index is 667. The summed E-state index contributed by atoms with van der Waals surface area (Å²) in [5, 5.41) is 8.99. The number of benzene rings is 1. The van der Waals surface area contributed by atoms with Crippen molar-refractivity contribution < 1.29 is 18.3 Å². The van der Waals surface area contributed by atoms with Gasteiger partial charge in [-0.2, -0.15) is 0 Å². The van der Waals surface area contributed by atoms with E-state index in [-0.39, 0.29) is 10.8 Å². The van der Waals surface area contributed by atoms with E-state index in [0.29, 0.717) is 35.6 Å². The van der Waals surface area contributed by atoms with Crippen LogP contribution < -0.4 is 0 Å². The van der Waals surface area contributed by atoms with Gasteiger partial charge in [-0.3, -0.25) is 0 Å². The highest BCUT2D eigenvalue weighted by Gasteiger charge is 2.42. The molecule has 0 spiro atoms. The van der Waals surface area contributed by atoms with E-state index >= 15 is 0 Å². The van der Waals surface area contributed by atoms with E-state index in [2.05, 4.69) is 0 Å². The SMILES string of the molecule is CCc1c(C(=O)O)ccc(C2CC2)c1S(=O)(=O)C1CC1. The summed E-state index contributed by atoms with van der Waals surface area (Å²) < 4.78 is 25.4. The van der Waals surface area contributed by atoms with Crippen LogP contribution in [0.4, 0.5) is 0 Å². The number of aromatic carboxylic acids is 1. The van der Waals surface area contributed by atoms with E-state index in [4.69, 9.17) is 0 Å². The van der Waals surface area contributed by atoms with Crippen LogP contribution >= 0.6 is 0 Å². The second-order valence-corrected chi connectivity index (χ2v) is 7.85. The van der Waals surface area contributed by atoms with Crippen LogP contribution in [0.25, 0.3) is 0 Å². The number of rotatable bonds is 5. The highest BCUT2D eigenvalue weighted by Crippen LogP contribution is 2.47. The molecule has 4 nitrogen and oxygen atoms in total. The fourth-order valence-electron chi connectivity index (χ4n) is 2.79. The molecule has 2 aliphatic rings. The summed E-state index contributed by atoms with van der Waals surface area (Å²) in [4.78, 5) is 11.7. The third-order valence-electron chi connectivity index (χ3n) is 4.14. The first-order chi connectivity index (χ1) is 9.46. The molecule has 0 heterocycles. The van der Waals surface area contributed by atoms with E-state index in [1.807, 2.05) is 6.92 Å². The topological polar surface area (TPSA) is 71.4 Å². The average Bonchev–Trinajstić information content (AvgIpc) is 3.29. The van der Waals surface area contributed by atoms with Gasteiger partial charge in [0.15, 0.2) is 9.84 Å². The molecule has 0 unspecified atom stereocenters. The molecule has 1 N–H and O–H groups in total. The summed E-state index contributed by atoms with van der Waals surface area (Å²) in [7, 11) is -3.36. The second kappa shape index (κ2) is 4.58. The van der Waals surface area contributed by atoms with Crippen LogP contribution in [0, 0.1) is 0 Å². The average molecular weight is 294 g/mol. The number of carbonyl (C=O) groups is 1. The monoisotopic (exact) mass is 294 g/mol. The summed E-state index contributed by atoms with van der Waals surface area (Å²) in [6.45, 7) is 1.82. The van der Waals surface area contributed by atoms with Crippen LogP contribution in [0.3, 0.4) is 0 Å². The molecule has 108 valence electrons. The molecule has 3 rings (SSSR count). The quantitative estimate of drug-likeness (QED) is 0.906. The van der Waals surface area contributed by atoms with E-state index in [1.54, 1.807) is 12.1 Å². The molecule has 0 radical (unpaired) electrons. The van der Waals surface area contributed by atoms with Crippen molar-refractivity contribution in [1.82, 2.24) is 0 Å². The molecule has 0 aromatic heterocycles. The first kappa shape index (κ1) is 13.6. The fourth-order valence-corrected chi connectivity index (χ4v) is 5.05. The highest BCUT2D eigenvalue weighted by atomic mass is 32.2. The lowest BCUT2D eigenvalue weighted by molar-refractivity contribution is 0.0695. The number of hydrogen-bond acceptors (Lipinski definition) is 3. The van der Waals surface area contributed by atoms with Crippen molar-refractivity contribution in [2.24, 2.45) is 0 Å². The molecule has 0 amide bonds. The van der Waals surface area contributed by atoms with Crippen LogP contribution in [-0.4, -0.2) is 24.7 Å². The maximum atomic E-state index is 12.7. The summed E-state index contributed by atoms with van der Waals surface area (Å²) in [5.74, 6) is -0.747. The Morgan fingerprint density at radius 2 is 1.90 bits per heavy atom. The Morgan fingerprint density at radius 3 is 2.35 bits per heavy atom. The molecule has 2 fully saturated rings. The lowest BCUT2D eigenvalue weighted by Gasteiger charge is -2.16. The van der Waals surface area contributed by atoms with Crippen molar-refractivity contribution in [2.45, 2.75) is 55.1 Å². The van der Waals surface area contributed by atoms with Crippen molar-refractivity contribution in [3.05, 3.63) is 28.8 Å². The summed E-state index contributed by atoms with van der Waals surface area (Å²) in [6, 6.07) is 3.29. The van der Waals surface area contributed by atoms with Gasteiger partial charge in [-0.15, -0.1) is 0 Å². The molecule has 20 heavy (non-hydrogen) atoms. The standard InChI is InChI=1S/C15H18O4S/c1-2-11-13(15(16)17)8-7-12(9-3-4-9)14(11)20(18,19)10-5-6-10/h7-10H,2-6H2,1H3,(H,16,17). The Labute approximate surface area is 118 Å². The largest absolute Gasteiger partial charge is 0.478 e. The molecular weight excluding hydrogens is 276 g/mol. The van der Waals surface area contributed by atoms with Gasteiger partial charge in [-0.05, 0) is 55.2 Å². The normalized spacial score (nSPS) is 19.1. The predicted octanol–water partition coefficient (Wildman–Crippen LogP) is 2.76. The van der Waals surface area contributed by atoms with Gasteiger partial charge in [0.1, 0.15) is 0 Å². The van der Waals surface area contributed by atoms with Gasteiger partial charge >= 0.3 is 5.97 Å². The molecule has 0 bridgehead atoms. The zero-order valence-electron chi connectivity index (χ0n) is 11.4. The van der Waals surface area contributed by atoms with Crippen LogP contribution in [-0.2, 0) is 16.3 Å². The molecule has 1 aromatic carbocycles. The molecule has 0 atom stereocenters. The minimum Gasteiger partial charge on any atom is -0.478 e. The molecule has 2 aliphatic carbocycles. The maximum absolute atomic E-state index is 12.7. The van der Waals surface area contributed by atoms with Gasteiger partial charge in [0.05, 0.1) is 15.7 Å². The van der Waals surface area contributed by atoms with Gasteiger partial charge in [-0.25, -0.2) is 13.2 Å². The first-order valence-corrected chi connectivity index (χ1v) is 8.64. The number of carboxylic acids is 1. The third-order valence-corrected chi connectivity index (χ3v) is 6.54. The highest BCUT2D eigenvalue weighted by molar-refractivity contribution is 7.92. The molecule has 0 saturated heterocycles. The molecular formula is C15H18O4S. The van der Waals surface area contributed by atoms with Crippen LogP contribution in [0.5, 0.6) is 0 Å². The predicted molar refractivity (Wildman–Crippen MR) is 75.0 cm³/mol. The van der Waals surface area contributed by atoms with E-state index < -0.39 is 15.8 Å². The lowest BCUT2D eigenvalue weighted by atomic mass is 9.99. The van der Waals surface area contributed by atoms with Gasteiger partial charge in [0.2, 0.25) is 0 Å². The molecule has 5 heteroatoms. The summed E-state index contributed by atoms with van der Waals surface area (Å²) in [5.41, 5.74) is 1.48. The van der Waals surface area contributed by atoms with Crippen LogP contribution in [0.15, 0.2) is 17.0 Å². The Kier molecular flexibility index (Phi) is 3.12. The third kappa shape index (κ3) is 2.14. The maximum Gasteiger partial charge on any atom is 0.336 e. The lowest BCUT2D eigenvalue weighted by Crippen LogP contribution is -2.16. The summed E-state index contributed by atoms with van der Waals surface area (Å²) >= 11 is 0. The van der Waals surface area contributed by atoms with E-state index in [0.717, 1.165) is 18.4 Å². The van der Waals surface area contributed by atoms with Gasteiger partial charge in [0, 0.05) is 0 Å². The van der Waals surface area contributed by atoms with Crippen LogP contribution in [0.2, 0.25) is 0 Å². The number of carboxylic acid groups (broad SMARTS) is 1. The Hall–Kier alpha value is -1.36. The van der Waals surface area contributed by atoms with Crippen molar-refractivity contribution in [2.75, 3.05) is 0 Å². The zero-order chi connectivity index (χ0) is 14.5. The smallest absolute Gasteiger partial charge is 0.336 e. The minimum atomic E-state index is -3.36. The van der Waals surface area contributed by atoms with Crippen molar-refractivity contribution in [3.8, 4) is 0 Å². The second-order valence-electron chi connectivity index (χ2n) is 5.69. The first-order valence-electron chi connectivity index (χ1n) is 7.09. The zero-order valence-corrected chi connectivity index (χ0v) is 12.2. The number of hydrogen-bond donors (Lipinski definition) is 1. The van der Waals surface area contributed by atoms with Gasteiger partial charge < -0.3 is 5.11 Å². The Morgan fingerprint density at radius 1 is 1.25 bits per heavy atom. The van der Waals surface area contributed by atoms with Crippen molar-refractivity contribution in [3.63, 3.8) is 0 Å². The van der Waals surface area contributed by atoms with E-state index in [1.165, 1.54) is 0 Å². The molecule has 2 saturated carbocycles. The fraction of sp³-hybridized carbons (Fsp3) is 0.533. The van der Waals surface area contributed by atoms with Crippen LogP contribution in [0.1, 0.15) is 60.0 Å². The minimum absolute atomic E-state index is 0.135. The van der Waals surface area contributed by atoms with Crippen molar-refractivity contribution >= 4 is 15.8 Å². The summed E-state index contributed by atoms with van der Waals surface area (Å²) in [6.07, 6.45) is 3.84. The Balaban J connectivity index is 2.26. The van der Waals surface area contributed by atoms with Gasteiger partial charge in [0.25, 0.3) is 0 Å². The molecule has 0 aliphatic heterocycles.